The fraction of sp³-hybridized carbons (Fsp3) is 0.323. The lowest BCUT2D eigenvalue weighted by Crippen LogP contribution is -2.38. The van der Waals surface area contributed by atoms with Crippen LogP contribution in [0.1, 0.15) is 36.3 Å². The lowest BCUT2D eigenvalue weighted by Gasteiger charge is -2.38. The second-order valence-electron chi connectivity index (χ2n) is 9.99. The Kier molecular flexibility index (Phi) is 9.72. The Bertz CT molecular complexity index is 1660. The summed E-state index contributed by atoms with van der Waals surface area (Å²) >= 11 is 2.51. The lowest BCUT2D eigenvalue weighted by molar-refractivity contribution is -0.118. The number of hydrogen-bond acceptors (Lipinski definition) is 12. The van der Waals surface area contributed by atoms with Crippen LogP contribution in [-0.2, 0) is 16.0 Å². The Labute approximate surface area is 263 Å². The first-order valence-electron chi connectivity index (χ1n) is 13.9. The number of amides is 1. The molecule has 1 atom stereocenters. The summed E-state index contributed by atoms with van der Waals surface area (Å²) in [5.74, 6) is 0.695. The molecule has 1 aromatic heterocycles. The van der Waals surface area contributed by atoms with E-state index in [1.807, 2.05) is 30.3 Å². The molecule has 0 saturated heterocycles. The summed E-state index contributed by atoms with van der Waals surface area (Å²) in [6.07, 6.45) is 2.27. The first-order chi connectivity index (χ1) is 21.4. The Hall–Kier alpha value is -4.54. The third-order valence-corrected chi connectivity index (χ3v) is 9.49. The number of benzene rings is 2. The van der Waals surface area contributed by atoms with Crippen molar-refractivity contribution in [3.05, 3.63) is 76.3 Å². The van der Waals surface area contributed by atoms with Gasteiger partial charge in [0.15, 0.2) is 21.6 Å². The molecule has 1 unspecified atom stereocenters. The monoisotopic (exact) mass is 632 g/mol. The van der Waals surface area contributed by atoms with Gasteiger partial charge in [-0.25, -0.2) is 0 Å². The van der Waals surface area contributed by atoms with Gasteiger partial charge < -0.3 is 25.3 Å². The number of anilines is 1. The standard InChI is InChI=1S/C31H32N6O5S2/c1-40-23-15-25(42-3)24(41-2)14-19(23)27-20(16-32)29(33)37(21-10-7-11-22(38)28(21)27)30-35-36-31(44-30)43-17-26(39)34-13-12-18-8-5-4-6-9-18/h4-6,8-9,14-15,27H,7,10-13,17,33H2,1-3H3,(H,34,39). The fourth-order valence-electron chi connectivity index (χ4n) is 5.41. The zero-order valence-electron chi connectivity index (χ0n) is 24.6. The van der Waals surface area contributed by atoms with Crippen molar-refractivity contribution in [2.45, 2.75) is 35.9 Å². The molecule has 44 heavy (non-hydrogen) atoms. The van der Waals surface area contributed by atoms with Gasteiger partial charge in [0.1, 0.15) is 11.6 Å². The summed E-state index contributed by atoms with van der Waals surface area (Å²) in [5.41, 5.74) is 9.75. The van der Waals surface area contributed by atoms with Crippen molar-refractivity contribution in [3.8, 4) is 23.3 Å². The van der Waals surface area contributed by atoms with Gasteiger partial charge in [-0.15, -0.1) is 10.2 Å². The van der Waals surface area contributed by atoms with E-state index in [2.05, 4.69) is 21.6 Å². The Morgan fingerprint density at radius 3 is 2.55 bits per heavy atom. The molecule has 2 aromatic carbocycles. The predicted molar refractivity (Wildman–Crippen MR) is 168 cm³/mol. The minimum Gasteiger partial charge on any atom is -0.496 e. The van der Waals surface area contributed by atoms with Crippen LogP contribution in [-0.4, -0.2) is 55.5 Å². The van der Waals surface area contributed by atoms with Crippen molar-refractivity contribution in [1.82, 2.24) is 15.5 Å². The number of allylic oxidation sites excluding steroid dienone is 3. The molecule has 0 spiro atoms. The van der Waals surface area contributed by atoms with Gasteiger partial charge >= 0.3 is 0 Å². The quantitative estimate of drug-likeness (QED) is 0.291. The summed E-state index contributed by atoms with van der Waals surface area (Å²) in [4.78, 5) is 27.7. The van der Waals surface area contributed by atoms with E-state index < -0.39 is 5.92 Å². The molecule has 3 aromatic rings. The van der Waals surface area contributed by atoms with E-state index >= 15 is 0 Å². The zero-order chi connectivity index (χ0) is 31.2. The molecule has 0 fully saturated rings. The summed E-state index contributed by atoms with van der Waals surface area (Å²) < 4.78 is 17.2. The van der Waals surface area contributed by atoms with Gasteiger partial charge in [0, 0.05) is 35.9 Å². The predicted octanol–water partition coefficient (Wildman–Crippen LogP) is 4.32. The number of methoxy groups -OCH3 is 3. The Balaban J connectivity index is 1.41. The van der Waals surface area contributed by atoms with E-state index in [1.165, 1.54) is 44.4 Å². The highest BCUT2D eigenvalue weighted by atomic mass is 32.2. The van der Waals surface area contributed by atoms with Crippen LogP contribution in [0.5, 0.6) is 17.2 Å². The van der Waals surface area contributed by atoms with Gasteiger partial charge in [0.05, 0.1) is 44.6 Å². The van der Waals surface area contributed by atoms with Crippen molar-refractivity contribution in [1.29, 1.82) is 5.26 Å². The van der Waals surface area contributed by atoms with Crippen LogP contribution >= 0.6 is 23.1 Å². The van der Waals surface area contributed by atoms with E-state index in [9.17, 15) is 14.9 Å². The average molecular weight is 633 g/mol. The number of carbonyl (C=O) groups excluding carboxylic acids is 2. The summed E-state index contributed by atoms with van der Waals surface area (Å²) in [7, 11) is 4.55. The number of Topliss-reactive ketones (excluding diaryl/α,β-unsaturated/α-hetero) is 1. The second kappa shape index (κ2) is 13.8. The lowest BCUT2D eigenvalue weighted by atomic mass is 9.75. The molecule has 228 valence electrons. The van der Waals surface area contributed by atoms with Crippen molar-refractivity contribution in [2.75, 3.05) is 38.5 Å². The molecule has 2 aliphatic rings. The number of aromatic nitrogens is 2. The average Bonchev–Trinajstić information content (AvgIpc) is 3.51. The number of nitrogens with one attached hydrogen (secondary N) is 1. The highest BCUT2D eigenvalue weighted by molar-refractivity contribution is 8.01. The fourth-order valence-corrected chi connectivity index (χ4v) is 7.13. The van der Waals surface area contributed by atoms with Gasteiger partial charge in [-0.1, -0.05) is 53.4 Å². The molecular formula is C31H32N6O5S2. The number of thioether (sulfide) groups is 1. The molecule has 11 nitrogen and oxygen atoms in total. The van der Waals surface area contributed by atoms with E-state index in [0.717, 1.165) is 12.0 Å². The van der Waals surface area contributed by atoms with Crippen molar-refractivity contribution >= 4 is 39.9 Å². The van der Waals surface area contributed by atoms with Gasteiger partial charge in [0.25, 0.3) is 0 Å². The van der Waals surface area contributed by atoms with E-state index in [-0.39, 0.29) is 28.8 Å². The maximum Gasteiger partial charge on any atom is 0.230 e. The molecular weight excluding hydrogens is 601 g/mol. The molecule has 1 aliphatic heterocycles. The number of carbonyl (C=O) groups is 2. The van der Waals surface area contributed by atoms with Crippen LogP contribution in [0.25, 0.3) is 0 Å². The normalized spacial score (nSPS) is 16.4. The number of nitrogens with two attached hydrogens (primary N) is 1. The van der Waals surface area contributed by atoms with Gasteiger partial charge in [-0.3, -0.25) is 14.5 Å². The first-order valence-corrected chi connectivity index (χ1v) is 15.7. The molecule has 2 heterocycles. The van der Waals surface area contributed by atoms with Gasteiger partial charge in [0.2, 0.25) is 11.0 Å². The van der Waals surface area contributed by atoms with Crippen LogP contribution in [0.2, 0.25) is 0 Å². The minimum absolute atomic E-state index is 0.0791. The van der Waals surface area contributed by atoms with E-state index in [1.54, 1.807) is 17.0 Å². The molecule has 1 amide bonds. The largest absolute Gasteiger partial charge is 0.496 e. The number of rotatable bonds is 11. The van der Waals surface area contributed by atoms with Gasteiger partial charge in [-0.05, 0) is 30.9 Å². The SMILES string of the molecule is COc1cc(OC)c(C2C(C#N)=C(N)N(c3nnc(SCC(=O)NCCc4ccccc4)s3)C3=C2C(=O)CCC3)cc1OC. The number of hydrogen-bond donors (Lipinski definition) is 2. The van der Waals surface area contributed by atoms with Crippen molar-refractivity contribution < 1.29 is 23.8 Å². The molecule has 0 bridgehead atoms. The topological polar surface area (TPSA) is 153 Å². The summed E-state index contributed by atoms with van der Waals surface area (Å²) in [5, 5.41) is 22.4. The third-order valence-electron chi connectivity index (χ3n) is 7.45. The van der Waals surface area contributed by atoms with Crippen LogP contribution in [0.4, 0.5) is 5.13 Å². The maximum atomic E-state index is 13.6. The van der Waals surface area contributed by atoms with Crippen LogP contribution in [0.15, 0.2) is 69.5 Å². The third kappa shape index (κ3) is 6.22. The minimum atomic E-state index is -0.768. The van der Waals surface area contributed by atoms with Crippen LogP contribution in [0.3, 0.4) is 0 Å². The second-order valence-corrected chi connectivity index (χ2v) is 12.2. The number of ether oxygens (including phenoxy) is 3. The van der Waals surface area contributed by atoms with Crippen molar-refractivity contribution in [2.24, 2.45) is 5.73 Å². The van der Waals surface area contributed by atoms with Gasteiger partial charge in [-0.2, -0.15) is 5.26 Å². The smallest absolute Gasteiger partial charge is 0.230 e. The first kappa shape index (κ1) is 30.9. The highest BCUT2D eigenvalue weighted by Crippen LogP contribution is 2.50. The number of ketones is 1. The highest BCUT2D eigenvalue weighted by Gasteiger charge is 2.42. The van der Waals surface area contributed by atoms with Crippen molar-refractivity contribution in [3.63, 3.8) is 0 Å². The summed E-state index contributed by atoms with van der Waals surface area (Å²) in [6.45, 7) is 0.536. The molecule has 0 saturated carbocycles. The Morgan fingerprint density at radius 1 is 1.11 bits per heavy atom. The van der Waals surface area contributed by atoms with E-state index in [0.29, 0.717) is 69.4 Å². The number of nitrogens with zero attached hydrogens (tertiary/aromatic N) is 4. The Morgan fingerprint density at radius 2 is 1.84 bits per heavy atom. The zero-order valence-corrected chi connectivity index (χ0v) is 26.2. The van der Waals surface area contributed by atoms with Crippen LogP contribution < -0.4 is 30.2 Å². The molecule has 0 radical (unpaired) electrons. The van der Waals surface area contributed by atoms with Crippen LogP contribution in [0, 0.1) is 11.3 Å². The molecule has 13 heteroatoms. The molecule has 5 rings (SSSR count). The number of nitriles is 1. The van der Waals surface area contributed by atoms with E-state index in [4.69, 9.17) is 19.9 Å². The maximum absolute atomic E-state index is 13.6. The molecule has 1 aliphatic carbocycles. The molecule has 3 N–H and O–H groups in total. The summed E-state index contributed by atoms with van der Waals surface area (Å²) in [6, 6.07) is 15.6.